The van der Waals surface area contributed by atoms with Gasteiger partial charge in [0.05, 0.1) is 11.3 Å². The number of hydrogen-bond acceptors (Lipinski definition) is 3. The second kappa shape index (κ2) is 8.73. The molecule has 0 fully saturated rings. The largest absolute Gasteiger partial charge is 0.416 e. The van der Waals surface area contributed by atoms with Crippen molar-refractivity contribution in [2.45, 2.75) is 12.7 Å². The minimum absolute atomic E-state index is 0.177. The summed E-state index contributed by atoms with van der Waals surface area (Å²) in [5.41, 5.74) is 3.15. The van der Waals surface area contributed by atoms with E-state index in [1.165, 1.54) is 12.1 Å². The van der Waals surface area contributed by atoms with Crippen LogP contribution in [0.25, 0.3) is 21.8 Å². The number of benzene rings is 3. The Kier molecular flexibility index (Phi) is 5.86. The summed E-state index contributed by atoms with van der Waals surface area (Å²) in [6.07, 6.45) is -4.42. The lowest BCUT2D eigenvalue weighted by Crippen LogP contribution is -2.22. The zero-order chi connectivity index (χ0) is 21.8. The lowest BCUT2D eigenvalue weighted by Gasteiger charge is -2.09. The molecule has 1 heterocycles. The summed E-state index contributed by atoms with van der Waals surface area (Å²) in [6.45, 7) is 0.255. The second-order valence-corrected chi connectivity index (χ2v) is 7.72. The quantitative estimate of drug-likeness (QED) is 0.390. The van der Waals surface area contributed by atoms with E-state index in [-0.39, 0.29) is 12.1 Å². The topological polar surface area (TPSA) is 42.0 Å². The number of nitrogens with one attached hydrogen (secondary N) is 1. The molecular formula is C24H17F3N2OS. The third-order valence-corrected chi connectivity index (χ3v) is 5.57. The summed E-state index contributed by atoms with van der Waals surface area (Å²) in [5.74, 6) is -0.431. The van der Waals surface area contributed by atoms with Crippen molar-refractivity contribution in [1.82, 2.24) is 10.3 Å². The monoisotopic (exact) mass is 438 g/mol. The molecule has 4 aromatic rings. The molecule has 0 aliphatic carbocycles. The lowest BCUT2D eigenvalue weighted by atomic mass is 10.1. The standard InChI is InChI=1S/C24H17F3N2OS/c25-24(26,27)20-11-9-18(10-12-20)22(30)28-14-16-5-4-8-19(13-16)23-29-21(15-31-23)17-6-2-1-3-7-17/h1-13,15H,14H2,(H,28,30). The van der Waals surface area contributed by atoms with E-state index in [2.05, 4.69) is 5.32 Å². The van der Waals surface area contributed by atoms with Crippen LogP contribution in [0.3, 0.4) is 0 Å². The van der Waals surface area contributed by atoms with Crippen molar-refractivity contribution in [3.8, 4) is 21.8 Å². The molecule has 0 spiro atoms. The van der Waals surface area contributed by atoms with Crippen LogP contribution in [0.15, 0.2) is 84.2 Å². The Morgan fingerprint density at radius 2 is 1.61 bits per heavy atom. The number of amides is 1. The van der Waals surface area contributed by atoms with Crippen LogP contribution in [0.1, 0.15) is 21.5 Å². The van der Waals surface area contributed by atoms with Gasteiger partial charge in [0, 0.05) is 28.6 Å². The molecule has 7 heteroatoms. The van der Waals surface area contributed by atoms with Crippen LogP contribution < -0.4 is 5.32 Å². The molecule has 0 bridgehead atoms. The van der Waals surface area contributed by atoms with Crippen LogP contribution in [0.5, 0.6) is 0 Å². The van der Waals surface area contributed by atoms with Gasteiger partial charge in [-0.3, -0.25) is 4.79 Å². The molecule has 0 aliphatic rings. The Bertz CT molecular complexity index is 1190. The Hall–Kier alpha value is -3.45. The number of aromatic nitrogens is 1. The Balaban J connectivity index is 1.43. The van der Waals surface area contributed by atoms with Gasteiger partial charge in [0.25, 0.3) is 5.91 Å². The van der Waals surface area contributed by atoms with Crippen LogP contribution >= 0.6 is 11.3 Å². The summed E-state index contributed by atoms with van der Waals surface area (Å²) >= 11 is 1.54. The number of rotatable bonds is 5. The number of thiazole rings is 1. The predicted octanol–water partition coefficient (Wildman–Crippen LogP) is 6.43. The zero-order valence-electron chi connectivity index (χ0n) is 16.2. The number of carbonyl (C=O) groups is 1. The molecule has 1 aromatic heterocycles. The van der Waals surface area contributed by atoms with Crippen LogP contribution in [-0.4, -0.2) is 10.9 Å². The van der Waals surface area contributed by atoms with E-state index < -0.39 is 17.6 Å². The predicted molar refractivity (Wildman–Crippen MR) is 116 cm³/mol. The summed E-state index contributed by atoms with van der Waals surface area (Å²) in [7, 11) is 0. The van der Waals surface area contributed by atoms with Gasteiger partial charge in [0.15, 0.2) is 0 Å². The molecule has 1 N–H and O–H groups in total. The van der Waals surface area contributed by atoms with E-state index in [1.807, 2.05) is 60.0 Å². The Morgan fingerprint density at radius 3 is 2.32 bits per heavy atom. The molecule has 0 saturated heterocycles. The van der Waals surface area contributed by atoms with Crippen LogP contribution in [-0.2, 0) is 12.7 Å². The highest BCUT2D eigenvalue weighted by molar-refractivity contribution is 7.13. The summed E-state index contributed by atoms with van der Waals surface area (Å²) < 4.78 is 38.0. The van der Waals surface area contributed by atoms with Gasteiger partial charge in [-0.05, 0) is 35.9 Å². The summed E-state index contributed by atoms with van der Waals surface area (Å²) in [5, 5.41) is 5.62. The van der Waals surface area contributed by atoms with Gasteiger partial charge < -0.3 is 5.32 Å². The summed E-state index contributed by atoms with van der Waals surface area (Å²) in [4.78, 5) is 17.0. The van der Waals surface area contributed by atoms with Gasteiger partial charge in [0.2, 0.25) is 0 Å². The number of alkyl halides is 3. The number of halogens is 3. The Labute approximate surface area is 181 Å². The highest BCUT2D eigenvalue weighted by Gasteiger charge is 2.30. The fourth-order valence-electron chi connectivity index (χ4n) is 3.06. The minimum atomic E-state index is -4.42. The smallest absolute Gasteiger partial charge is 0.348 e. The van der Waals surface area contributed by atoms with Crippen molar-refractivity contribution in [2.24, 2.45) is 0 Å². The van der Waals surface area contributed by atoms with E-state index >= 15 is 0 Å². The average molecular weight is 438 g/mol. The maximum Gasteiger partial charge on any atom is 0.416 e. The molecule has 1 amide bonds. The third-order valence-electron chi connectivity index (χ3n) is 4.68. The molecular weight excluding hydrogens is 421 g/mol. The molecule has 4 rings (SSSR count). The van der Waals surface area contributed by atoms with Crippen molar-refractivity contribution in [3.05, 3.63) is 101 Å². The third kappa shape index (κ3) is 5.00. The number of hydrogen-bond donors (Lipinski definition) is 1. The number of carbonyl (C=O) groups excluding carboxylic acids is 1. The molecule has 0 radical (unpaired) electrons. The highest BCUT2D eigenvalue weighted by Crippen LogP contribution is 2.30. The van der Waals surface area contributed by atoms with Gasteiger partial charge in [0.1, 0.15) is 5.01 Å². The van der Waals surface area contributed by atoms with Crippen LogP contribution in [0, 0.1) is 0 Å². The maximum absolute atomic E-state index is 12.7. The SMILES string of the molecule is O=C(NCc1cccc(-c2nc(-c3ccccc3)cs2)c1)c1ccc(C(F)(F)F)cc1. The number of nitrogens with zero attached hydrogens (tertiary/aromatic N) is 1. The molecule has 3 aromatic carbocycles. The molecule has 0 saturated carbocycles. The highest BCUT2D eigenvalue weighted by atomic mass is 32.1. The van der Waals surface area contributed by atoms with Crippen molar-refractivity contribution < 1.29 is 18.0 Å². The molecule has 0 aliphatic heterocycles. The lowest BCUT2D eigenvalue weighted by molar-refractivity contribution is -0.137. The van der Waals surface area contributed by atoms with Gasteiger partial charge in [-0.2, -0.15) is 13.2 Å². The maximum atomic E-state index is 12.7. The van der Waals surface area contributed by atoms with E-state index in [0.29, 0.717) is 0 Å². The van der Waals surface area contributed by atoms with Crippen molar-refractivity contribution in [3.63, 3.8) is 0 Å². The first kappa shape index (κ1) is 20.8. The normalized spacial score (nSPS) is 11.3. The second-order valence-electron chi connectivity index (χ2n) is 6.86. The molecule has 0 unspecified atom stereocenters. The fourth-order valence-corrected chi connectivity index (χ4v) is 3.88. The van der Waals surface area contributed by atoms with Gasteiger partial charge >= 0.3 is 6.18 Å². The van der Waals surface area contributed by atoms with Crippen LogP contribution in [0.2, 0.25) is 0 Å². The zero-order valence-corrected chi connectivity index (χ0v) is 17.0. The van der Waals surface area contributed by atoms with Crippen molar-refractivity contribution >= 4 is 17.2 Å². The first-order chi connectivity index (χ1) is 14.9. The van der Waals surface area contributed by atoms with Gasteiger partial charge in [-0.25, -0.2) is 4.98 Å². The van der Waals surface area contributed by atoms with Gasteiger partial charge in [-0.1, -0.05) is 48.5 Å². The molecule has 0 atom stereocenters. The first-order valence-electron chi connectivity index (χ1n) is 9.46. The van der Waals surface area contributed by atoms with Crippen LogP contribution in [0.4, 0.5) is 13.2 Å². The molecule has 156 valence electrons. The van der Waals surface area contributed by atoms with E-state index in [4.69, 9.17) is 4.98 Å². The first-order valence-corrected chi connectivity index (χ1v) is 10.3. The average Bonchev–Trinajstić information content (AvgIpc) is 3.28. The van der Waals surface area contributed by atoms with Crippen molar-refractivity contribution in [2.75, 3.05) is 0 Å². The van der Waals surface area contributed by atoms with Gasteiger partial charge in [-0.15, -0.1) is 11.3 Å². The van der Waals surface area contributed by atoms with E-state index in [1.54, 1.807) is 11.3 Å². The molecule has 3 nitrogen and oxygen atoms in total. The van der Waals surface area contributed by atoms with Crippen molar-refractivity contribution in [1.29, 1.82) is 0 Å². The summed E-state index contributed by atoms with van der Waals surface area (Å²) in [6, 6.07) is 21.7. The van der Waals surface area contributed by atoms with E-state index in [0.717, 1.165) is 39.5 Å². The van der Waals surface area contributed by atoms with E-state index in [9.17, 15) is 18.0 Å². The minimum Gasteiger partial charge on any atom is -0.348 e. The fraction of sp³-hybridized carbons (Fsp3) is 0.0833. The Morgan fingerprint density at radius 1 is 0.903 bits per heavy atom. The molecule has 31 heavy (non-hydrogen) atoms.